The van der Waals surface area contributed by atoms with E-state index in [9.17, 15) is 9.59 Å². The van der Waals surface area contributed by atoms with Gasteiger partial charge in [-0.3, -0.25) is 9.59 Å². The molecule has 0 aliphatic carbocycles. The molecule has 7 heteroatoms. The number of anilines is 1. The number of morpholine rings is 1. The molecule has 1 fully saturated rings. The first-order valence-corrected chi connectivity index (χ1v) is 7.46. The predicted octanol–water partition coefficient (Wildman–Crippen LogP) is 1.06. The maximum Gasteiger partial charge on any atom is 0.227 e. The number of benzene rings is 1. The molecule has 2 amide bonds. The van der Waals surface area contributed by atoms with Crippen molar-refractivity contribution in [1.29, 1.82) is 0 Å². The third-order valence-corrected chi connectivity index (χ3v) is 3.51. The minimum atomic E-state index is -0.0641. The molecule has 6 nitrogen and oxygen atoms in total. The van der Waals surface area contributed by atoms with Gasteiger partial charge < -0.3 is 20.3 Å². The maximum atomic E-state index is 12.0. The first kappa shape index (κ1) is 19.4. The van der Waals surface area contributed by atoms with E-state index in [-0.39, 0.29) is 30.3 Å². The molecule has 1 aliphatic rings. The van der Waals surface area contributed by atoms with Crippen molar-refractivity contribution < 1.29 is 14.3 Å². The number of ether oxygens (including phenoxy) is 1. The van der Waals surface area contributed by atoms with Crippen LogP contribution in [0, 0.1) is 0 Å². The zero-order chi connectivity index (χ0) is 15.9. The third-order valence-electron chi connectivity index (χ3n) is 3.51. The van der Waals surface area contributed by atoms with Gasteiger partial charge in [-0.1, -0.05) is 12.1 Å². The zero-order valence-corrected chi connectivity index (χ0v) is 14.3. The summed E-state index contributed by atoms with van der Waals surface area (Å²) in [4.78, 5) is 25.1. The lowest BCUT2D eigenvalue weighted by Crippen LogP contribution is -2.40. The van der Waals surface area contributed by atoms with Crippen LogP contribution in [0.5, 0.6) is 0 Å². The summed E-state index contributed by atoms with van der Waals surface area (Å²) in [7, 11) is 3.47. The molecule has 0 radical (unpaired) electrons. The number of nitrogens with one attached hydrogen (secondary N) is 2. The number of carbonyl (C=O) groups is 2. The Morgan fingerprint density at radius 2 is 2.00 bits per heavy atom. The molecule has 0 aromatic heterocycles. The number of rotatable bonds is 5. The smallest absolute Gasteiger partial charge is 0.227 e. The Balaban J connectivity index is 0.00000264. The largest absolute Gasteiger partial charge is 0.375 e. The molecule has 1 heterocycles. The minimum absolute atomic E-state index is 0. The minimum Gasteiger partial charge on any atom is -0.375 e. The molecule has 1 saturated heterocycles. The van der Waals surface area contributed by atoms with Crippen LogP contribution in [0.1, 0.15) is 12.0 Å². The summed E-state index contributed by atoms with van der Waals surface area (Å²) in [6.07, 6.45) is 0.641. The number of hydrogen-bond donors (Lipinski definition) is 2. The van der Waals surface area contributed by atoms with Crippen molar-refractivity contribution >= 4 is 29.9 Å². The van der Waals surface area contributed by atoms with E-state index in [1.165, 1.54) is 0 Å². The summed E-state index contributed by atoms with van der Waals surface area (Å²) in [6.45, 7) is 2.19. The molecular weight excluding hydrogens is 318 g/mol. The van der Waals surface area contributed by atoms with Gasteiger partial charge in [0.1, 0.15) is 0 Å². The first-order valence-electron chi connectivity index (χ1n) is 7.46. The lowest BCUT2D eigenvalue weighted by Gasteiger charge is -2.23. The Kier molecular flexibility index (Phi) is 8.02. The molecule has 0 saturated carbocycles. The summed E-state index contributed by atoms with van der Waals surface area (Å²) < 4.78 is 5.51. The van der Waals surface area contributed by atoms with Gasteiger partial charge in [-0.15, -0.1) is 12.4 Å². The first-order chi connectivity index (χ1) is 10.5. The summed E-state index contributed by atoms with van der Waals surface area (Å²) in [5, 5.41) is 6.05. The fraction of sp³-hybridized carbons (Fsp3) is 0.500. The van der Waals surface area contributed by atoms with Crippen LogP contribution in [0.15, 0.2) is 24.3 Å². The van der Waals surface area contributed by atoms with E-state index in [1.807, 2.05) is 24.3 Å². The van der Waals surface area contributed by atoms with Crippen LogP contribution in [0.3, 0.4) is 0 Å². The van der Waals surface area contributed by atoms with Crippen LogP contribution in [0.2, 0.25) is 0 Å². The highest BCUT2D eigenvalue weighted by atomic mass is 35.5. The second kappa shape index (κ2) is 9.50. The van der Waals surface area contributed by atoms with E-state index in [0.717, 1.165) is 17.8 Å². The monoisotopic (exact) mass is 341 g/mol. The van der Waals surface area contributed by atoms with Crippen LogP contribution in [-0.4, -0.2) is 56.6 Å². The van der Waals surface area contributed by atoms with E-state index in [2.05, 4.69) is 10.6 Å². The Labute approximate surface area is 143 Å². The van der Waals surface area contributed by atoms with Crippen LogP contribution >= 0.6 is 12.4 Å². The van der Waals surface area contributed by atoms with Crippen molar-refractivity contribution in [3.63, 3.8) is 0 Å². The molecular formula is C16H24ClN3O3. The second-order valence-corrected chi connectivity index (χ2v) is 5.61. The van der Waals surface area contributed by atoms with Gasteiger partial charge in [0, 0.05) is 32.9 Å². The Bertz CT molecular complexity index is 514. The highest BCUT2D eigenvalue weighted by Gasteiger charge is 2.17. The molecule has 128 valence electrons. The predicted molar refractivity (Wildman–Crippen MR) is 91.9 cm³/mol. The third kappa shape index (κ3) is 6.56. The maximum absolute atomic E-state index is 12.0. The number of likely N-dealkylation sites (N-methyl/N-ethyl adjacent to an activating group) is 1. The quantitative estimate of drug-likeness (QED) is 0.840. The molecule has 0 spiro atoms. The summed E-state index contributed by atoms with van der Waals surface area (Å²) in [6, 6.07) is 7.34. The molecule has 1 aliphatic heterocycles. The van der Waals surface area contributed by atoms with Crippen LogP contribution in [0.25, 0.3) is 0 Å². The normalized spacial score (nSPS) is 17.0. The van der Waals surface area contributed by atoms with E-state index in [4.69, 9.17) is 4.74 Å². The van der Waals surface area contributed by atoms with E-state index in [0.29, 0.717) is 26.0 Å². The van der Waals surface area contributed by atoms with Crippen LogP contribution < -0.4 is 10.6 Å². The van der Waals surface area contributed by atoms with Crippen LogP contribution in [0.4, 0.5) is 5.69 Å². The van der Waals surface area contributed by atoms with Gasteiger partial charge in [-0.25, -0.2) is 0 Å². The van der Waals surface area contributed by atoms with Crippen molar-refractivity contribution in [2.45, 2.75) is 18.9 Å². The van der Waals surface area contributed by atoms with Gasteiger partial charge in [0.05, 0.1) is 25.6 Å². The highest BCUT2D eigenvalue weighted by molar-refractivity contribution is 5.91. The number of nitrogens with zero attached hydrogens (tertiary/aromatic N) is 1. The molecule has 1 aromatic carbocycles. The summed E-state index contributed by atoms with van der Waals surface area (Å²) >= 11 is 0. The average molecular weight is 342 g/mol. The topological polar surface area (TPSA) is 70.7 Å². The SMILES string of the molecule is CN(C)C(=O)Cc1ccc(NC(=O)CC2CNCCO2)cc1.Cl. The van der Waals surface area contributed by atoms with Gasteiger partial charge in [-0.2, -0.15) is 0 Å². The molecule has 1 aromatic rings. The lowest BCUT2D eigenvalue weighted by atomic mass is 10.1. The Hall–Kier alpha value is -1.63. The van der Waals surface area contributed by atoms with Crippen molar-refractivity contribution in [3.05, 3.63) is 29.8 Å². The van der Waals surface area contributed by atoms with Gasteiger partial charge in [0.15, 0.2) is 0 Å². The standard InChI is InChI=1S/C16H23N3O3.ClH/c1-19(2)16(21)9-12-3-5-13(6-4-12)18-15(20)10-14-11-17-7-8-22-14;/h3-6,14,17H,7-11H2,1-2H3,(H,18,20);1H. The van der Waals surface area contributed by atoms with Crippen molar-refractivity contribution in [3.8, 4) is 0 Å². The average Bonchev–Trinajstić information content (AvgIpc) is 2.50. The Morgan fingerprint density at radius 3 is 2.57 bits per heavy atom. The zero-order valence-electron chi connectivity index (χ0n) is 13.5. The fourth-order valence-electron chi connectivity index (χ4n) is 2.21. The molecule has 23 heavy (non-hydrogen) atoms. The van der Waals surface area contributed by atoms with Gasteiger partial charge in [0.2, 0.25) is 11.8 Å². The van der Waals surface area contributed by atoms with Crippen molar-refractivity contribution in [1.82, 2.24) is 10.2 Å². The van der Waals surface area contributed by atoms with Gasteiger partial charge in [0.25, 0.3) is 0 Å². The fourth-order valence-corrected chi connectivity index (χ4v) is 2.21. The van der Waals surface area contributed by atoms with Gasteiger partial charge >= 0.3 is 0 Å². The van der Waals surface area contributed by atoms with Crippen LogP contribution in [-0.2, 0) is 20.7 Å². The molecule has 1 unspecified atom stereocenters. The molecule has 1 atom stereocenters. The van der Waals surface area contributed by atoms with Gasteiger partial charge in [-0.05, 0) is 17.7 Å². The molecule has 0 bridgehead atoms. The van der Waals surface area contributed by atoms with Crippen molar-refractivity contribution in [2.75, 3.05) is 39.1 Å². The van der Waals surface area contributed by atoms with Crippen molar-refractivity contribution in [2.24, 2.45) is 0 Å². The number of amides is 2. The second-order valence-electron chi connectivity index (χ2n) is 5.61. The molecule has 2 N–H and O–H groups in total. The Morgan fingerprint density at radius 1 is 1.30 bits per heavy atom. The lowest BCUT2D eigenvalue weighted by molar-refractivity contribution is -0.128. The number of hydrogen-bond acceptors (Lipinski definition) is 4. The molecule has 2 rings (SSSR count). The van der Waals surface area contributed by atoms with E-state index in [1.54, 1.807) is 19.0 Å². The number of carbonyl (C=O) groups excluding carboxylic acids is 2. The van der Waals surface area contributed by atoms with E-state index >= 15 is 0 Å². The summed E-state index contributed by atoms with van der Waals surface area (Å²) in [5.41, 5.74) is 1.66. The highest BCUT2D eigenvalue weighted by Crippen LogP contribution is 2.12. The van der Waals surface area contributed by atoms with E-state index < -0.39 is 0 Å². The summed E-state index contributed by atoms with van der Waals surface area (Å²) in [5.74, 6) is -0.00968. The number of halogens is 1.